The van der Waals surface area contributed by atoms with Crippen LogP contribution < -0.4 is 10.2 Å². The van der Waals surface area contributed by atoms with Gasteiger partial charge in [0.1, 0.15) is 0 Å². The van der Waals surface area contributed by atoms with Gasteiger partial charge in [0.2, 0.25) is 5.91 Å². The third-order valence-corrected chi connectivity index (χ3v) is 5.03. The van der Waals surface area contributed by atoms with Gasteiger partial charge in [-0.3, -0.25) is 9.69 Å². The number of rotatable bonds is 5. The number of thiazole rings is 1. The van der Waals surface area contributed by atoms with Crippen LogP contribution in [0.2, 0.25) is 0 Å². The molecule has 1 N–H and O–H groups in total. The van der Waals surface area contributed by atoms with Crippen LogP contribution in [0, 0.1) is 0 Å². The normalized spacial score (nSPS) is 28.0. The summed E-state index contributed by atoms with van der Waals surface area (Å²) in [6.45, 7) is 4.96. The second-order valence-corrected chi connectivity index (χ2v) is 6.32. The Balaban J connectivity index is 1.56. The lowest BCUT2D eigenvalue weighted by molar-refractivity contribution is -0.116. The second kappa shape index (κ2) is 5.79. The maximum absolute atomic E-state index is 11.5. The topological polar surface area (TPSA) is 54.5 Å². The van der Waals surface area contributed by atoms with E-state index < -0.39 is 0 Å². The van der Waals surface area contributed by atoms with E-state index in [1.54, 1.807) is 11.8 Å². The van der Waals surface area contributed by atoms with Crippen LogP contribution in [0.15, 0.2) is 5.38 Å². The van der Waals surface area contributed by atoms with E-state index in [0.29, 0.717) is 24.8 Å². The van der Waals surface area contributed by atoms with E-state index in [-0.39, 0.29) is 5.91 Å². The van der Waals surface area contributed by atoms with Crippen LogP contribution in [-0.4, -0.2) is 35.7 Å². The van der Waals surface area contributed by atoms with E-state index in [1.807, 2.05) is 12.3 Å². The molecular formula is C14H21N3O2S. The SMILES string of the molecule is CCN(C(C)=O)c1nc(CNC2CC3CCC2O3)cs1. The fourth-order valence-electron chi connectivity index (χ4n) is 3.08. The monoisotopic (exact) mass is 295 g/mol. The fraction of sp³-hybridized carbons (Fsp3) is 0.714. The van der Waals surface area contributed by atoms with E-state index in [4.69, 9.17) is 4.74 Å². The first-order valence-corrected chi connectivity index (χ1v) is 8.16. The number of hydrogen-bond acceptors (Lipinski definition) is 5. The third kappa shape index (κ3) is 2.73. The van der Waals surface area contributed by atoms with Crippen molar-refractivity contribution in [3.05, 3.63) is 11.1 Å². The molecule has 20 heavy (non-hydrogen) atoms. The van der Waals surface area contributed by atoms with Crippen LogP contribution in [-0.2, 0) is 16.1 Å². The first-order chi connectivity index (χ1) is 9.67. The zero-order chi connectivity index (χ0) is 14.1. The quantitative estimate of drug-likeness (QED) is 0.902. The highest BCUT2D eigenvalue weighted by atomic mass is 32.1. The van der Waals surface area contributed by atoms with Gasteiger partial charge in [-0.25, -0.2) is 4.98 Å². The Labute approximate surface area is 123 Å². The lowest BCUT2D eigenvalue weighted by Gasteiger charge is -2.19. The molecule has 0 aromatic carbocycles. The van der Waals surface area contributed by atoms with Crippen molar-refractivity contribution in [2.75, 3.05) is 11.4 Å². The highest BCUT2D eigenvalue weighted by Crippen LogP contribution is 2.34. The first kappa shape index (κ1) is 14.0. The van der Waals surface area contributed by atoms with Crippen LogP contribution in [0.3, 0.4) is 0 Å². The summed E-state index contributed by atoms with van der Waals surface area (Å²) in [6.07, 6.45) is 4.38. The zero-order valence-corrected chi connectivity index (χ0v) is 12.8. The average molecular weight is 295 g/mol. The van der Waals surface area contributed by atoms with Crippen molar-refractivity contribution in [2.45, 2.75) is 57.9 Å². The van der Waals surface area contributed by atoms with Crippen molar-refractivity contribution >= 4 is 22.4 Å². The number of aromatic nitrogens is 1. The molecule has 0 aliphatic carbocycles. The Morgan fingerprint density at radius 1 is 1.60 bits per heavy atom. The summed E-state index contributed by atoms with van der Waals surface area (Å²) >= 11 is 1.53. The standard InChI is InChI=1S/C14H21N3O2S/c1-3-17(9(2)18)14-16-10(8-20-14)7-15-12-6-11-4-5-13(12)19-11/h8,11-13,15H,3-7H2,1-2H3. The summed E-state index contributed by atoms with van der Waals surface area (Å²) < 4.78 is 5.83. The molecule has 2 saturated heterocycles. The molecule has 0 radical (unpaired) electrons. The molecule has 5 nitrogen and oxygen atoms in total. The lowest BCUT2D eigenvalue weighted by atomic mass is 9.95. The van der Waals surface area contributed by atoms with Crippen molar-refractivity contribution in [1.82, 2.24) is 10.3 Å². The number of nitrogens with zero attached hydrogens (tertiary/aromatic N) is 2. The molecule has 3 atom stereocenters. The predicted molar refractivity (Wildman–Crippen MR) is 79.0 cm³/mol. The molecule has 0 spiro atoms. The molecule has 1 aromatic rings. The van der Waals surface area contributed by atoms with E-state index in [0.717, 1.165) is 23.8 Å². The van der Waals surface area contributed by atoms with Crippen molar-refractivity contribution in [3.8, 4) is 0 Å². The Hall–Kier alpha value is -0.980. The minimum atomic E-state index is 0.0443. The molecular weight excluding hydrogens is 274 g/mol. The predicted octanol–water partition coefficient (Wildman–Crippen LogP) is 1.93. The molecule has 2 aliphatic heterocycles. The molecule has 3 rings (SSSR count). The molecule has 2 aliphatic rings. The number of anilines is 1. The summed E-state index contributed by atoms with van der Waals surface area (Å²) in [7, 11) is 0. The molecule has 2 fully saturated rings. The smallest absolute Gasteiger partial charge is 0.225 e. The summed E-state index contributed by atoms with van der Waals surface area (Å²) in [5.74, 6) is 0.0443. The number of fused-ring (bicyclic) bond motifs is 2. The highest BCUT2D eigenvalue weighted by Gasteiger charge is 2.40. The van der Waals surface area contributed by atoms with Crippen LogP contribution >= 0.6 is 11.3 Å². The van der Waals surface area contributed by atoms with E-state index in [2.05, 4.69) is 10.3 Å². The Bertz CT molecular complexity index is 491. The highest BCUT2D eigenvalue weighted by molar-refractivity contribution is 7.14. The van der Waals surface area contributed by atoms with Gasteiger partial charge >= 0.3 is 0 Å². The number of carbonyl (C=O) groups excluding carboxylic acids is 1. The van der Waals surface area contributed by atoms with Crippen molar-refractivity contribution in [2.24, 2.45) is 0 Å². The van der Waals surface area contributed by atoms with Gasteiger partial charge in [0.15, 0.2) is 5.13 Å². The first-order valence-electron chi connectivity index (χ1n) is 7.28. The Morgan fingerprint density at radius 2 is 2.45 bits per heavy atom. The molecule has 1 aromatic heterocycles. The fourth-order valence-corrected chi connectivity index (χ4v) is 4.01. The zero-order valence-electron chi connectivity index (χ0n) is 12.0. The summed E-state index contributed by atoms with van der Waals surface area (Å²) in [4.78, 5) is 17.7. The minimum Gasteiger partial charge on any atom is -0.373 e. The van der Waals surface area contributed by atoms with Crippen LogP contribution in [0.1, 0.15) is 38.8 Å². The Morgan fingerprint density at radius 3 is 3.05 bits per heavy atom. The van der Waals surface area contributed by atoms with Gasteiger partial charge in [-0.1, -0.05) is 0 Å². The molecule has 3 heterocycles. The van der Waals surface area contributed by atoms with Gasteiger partial charge in [-0.05, 0) is 26.2 Å². The third-order valence-electron chi connectivity index (χ3n) is 4.12. The molecule has 1 amide bonds. The van der Waals surface area contributed by atoms with Crippen LogP contribution in [0.4, 0.5) is 5.13 Å². The lowest BCUT2D eigenvalue weighted by Crippen LogP contribution is -2.37. The number of amides is 1. The summed E-state index contributed by atoms with van der Waals surface area (Å²) in [5, 5.41) is 6.37. The molecule has 3 unspecified atom stereocenters. The van der Waals surface area contributed by atoms with Gasteiger partial charge in [0.05, 0.1) is 17.9 Å². The maximum atomic E-state index is 11.5. The van der Waals surface area contributed by atoms with Crippen LogP contribution in [0.5, 0.6) is 0 Å². The van der Waals surface area contributed by atoms with E-state index in [1.165, 1.54) is 24.2 Å². The second-order valence-electron chi connectivity index (χ2n) is 5.48. The molecule has 2 bridgehead atoms. The van der Waals surface area contributed by atoms with Crippen molar-refractivity contribution in [1.29, 1.82) is 0 Å². The number of hydrogen-bond donors (Lipinski definition) is 1. The van der Waals surface area contributed by atoms with Gasteiger partial charge in [0.25, 0.3) is 0 Å². The van der Waals surface area contributed by atoms with Crippen LogP contribution in [0.25, 0.3) is 0 Å². The summed E-state index contributed by atoms with van der Waals surface area (Å²) in [6, 6.07) is 0.467. The van der Waals surface area contributed by atoms with Gasteiger partial charge in [-0.2, -0.15) is 0 Å². The minimum absolute atomic E-state index is 0.0443. The molecule has 110 valence electrons. The Kier molecular flexibility index (Phi) is 4.05. The van der Waals surface area contributed by atoms with Crippen molar-refractivity contribution in [3.63, 3.8) is 0 Å². The van der Waals surface area contributed by atoms with Crippen molar-refractivity contribution < 1.29 is 9.53 Å². The number of ether oxygens (including phenoxy) is 1. The number of carbonyl (C=O) groups is 1. The van der Waals surface area contributed by atoms with E-state index >= 15 is 0 Å². The molecule has 0 saturated carbocycles. The number of nitrogens with one attached hydrogen (secondary N) is 1. The van der Waals surface area contributed by atoms with E-state index in [9.17, 15) is 4.79 Å². The average Bonchev–Trinajstić information content (AvgIpc) is 3.13. The van der Waals surface area contributed by atoms with Gasteiger partial charge < -0.3 is 10.1 Å². The maximum Gasteiger partial charge on any atom is 0.225 e. The summed E-state index contributed by atoms with van der Waals surface area (Å²) in [5.41, 5.74) is 1.01. The van der Waals surface area contributed by atoms with Gasteiger partial charge in [0, 0.05) is 31.4 Å². The largest absolute Gasteiger partial charge is 0.373 e. The van der Waals surface area contributed by atoms with Gasteiger partial charge in [-0.15, -0.1) is 11.3 Å². The molecule has 6 heteroatoms.